The number of carbonyl (C=O) groups excluding carboxylic acids is 4. The summed E-state index contributed by atoms with van der Waals surface area (Å²) in [6.45, 7) is 6.66. The monoisotopic (exact) mass is 473 g/mol. The smallest absolute Gasteiger partial charge is 0.408 e. The first-order valence-electron chi connectivity index (χ1n) is 11.2. The zero-order chi connectivity index (χ0) is 25.7. The highest BCUT2D eigenvalue weighted by atomic mass is 16.6. The Bertz CT molecular complexity index is 901. The summed E-state index contributed by atoms with van der Waals surface area (Å²) in [5.41, 5.74) is 0.152. The van der Waals surface area contributed by atoms with E-state index in [-0.39, 0.29) is 19.6 Å². The van der Waals surface area contributed by atoms with Crippen LogP contribution in [-0.2, 0) is 23.9 Å². The van der Waals surface area contributed by atoms with Crippen molar-refractivity contribution in [3.8, 4) is 12.3 Å². The molecule has 0 aliphatic rings. The van der Waals surface area contributed by atoms with E-state index in [4.69, 9.17) is 11.2 Å². The Kier molecular flexibility index (Phi) is 11.6. The number of methoxy groups -OCH3 is 1. The summed E-state index contributed by atoms with van der Waals surface area (Å²) < 4.78 is 9.79. The molecule has 1 atom stereocenters. The van der Waals surface area contributed by atoms with E-state index in [0.29, 0.717) is 17.5 Å². The number of benzene rings is 1. The van der Waals surface area contributed by atoms with Gasteiger partial charge in [-0.2, -0.15) is 0 Å². The van der Waals surface area contributed by atoms with Crippen molar-refractivity contribution in [3.63, 3.8) is 0 Å². The Morgan fingerprint density at radius 3 is 2.35 bits per heavy atom. The number of carbonyl (C=O) groups is 4. The van der Waals surface area contributed by atoms with Gasteiger partial charge in [-0.05, 0) is 38.8 Å². The van der Waals surface area contributed by atoms with Gasteiger partial charge in [0.25, 0.3) is 0 Å². The number of unbranched alkanes of at least 4 members (excludes halogenated alkanes) is 2. The SMILES string of the molecule is C#Cc1ccccc1C(C(=O)NCC(=O)OC)N(CCCCC)C(=O)CNC(=O)OC(C)(C)C. The molecular weight excluding hydrogens is 438 g/mol. The van der Waals surface area contributed by atoms with Gasteiger partial charge in [-0.25, -0.2) is 4.79 Å². The van der Waals surface area contributed by atoms with Crippen LogP contribution < -0.4 is 10.6 Å². The Labute approximate surface area is 201 Å². The second-order valence-electron chi connectivity index (χ2n) is 8.58. The minimum absolute atomic E-state index is 0.248. The van der Waals surface area contributed by atoms with Crippen molar-refractivity contribution in [1.82, 2.24) is 15.5 Å². The van der Waals surface area contributed by atoms with Crippen molar-refractivity contribution in [2.45, 2.75) is 58.6 Å². The second kappa shape index (κ2) is 13.9. The van der Waals surface area contributed by atoms with Crippen LogP contribution in [0.25, 0.3) is 0 Å². The number of ether oxygens (including phenoxy) is 2. The lowest BCUT2D eigenvalue weighted by molar-refractivity contribution is -0.143. The van der Waals surface area contributed by atoms with Gasteiger partial charge in [-0.3, -0.25) is 14.4 Å². The molecule has 1 rings (SSSR count). The molecule has 0 fully saturated rings. The number of terminal acetylenes is 1. The molecule has 0 saturated heterocycles. The Hall–Kier alpha value is -3.54. The molecule has 0 saturated carbocycles. The van der Waals surface area contributed by atoms with E-state index in [0.717, 1.165) is 12.8 Å². The zero-order valence-corrected chi connectivity index (χ0v) is 20.6. The van der Waals surface area contributed by atoms with E-state index in [9.17, 15) is 19.2 Å². The molecule has 9 nitrogen and oxygen atoms in total. The van der Waals surface area contributed by atoms with Crippen LogP contribution in [0.4, 0.5) is 4.79 Å². The maximum atomic E-state index is 13.3. The topological polar surface area (TPSA) is 114 Å². The lowest BCUT2D eigenvalue weighted by atomic mass is 9.97. The van der Waals surface area contributed by atoms with Crippen molar-refractivity contribution >= 4 is 23.9 Å². The molecular formula is C25H35N3O6. The third-order valence-electron chi connectivity index (χ3n) is 4.71. The number of alkyl carbamates (subject to hydrolysis) is 1. The fourth-order valence-corrected chi connectivity index (χ4v) is 3.14. The lowest BCUT2D eigenvalue weighted by Gasteiger charge is -2.32. The number of hydrogen-bond acceptors (Lipinski definition) is 6. The van der Waals surface area contributed by atoms with Gasteiger partial charge in [0.1, 0.15) is 24.7 Å². The molecule has 0 spiro atoms. The Balaban J connectivity index is 3.28. The molecule has 186 valence electrons. The van der Waals surface area contributed by atoms with Crippen molar-refractivity contribution in [1.29, 1.82) is 0 Å². The molecule has 2 N–H and O–H groups in total. The molecule has 1 aromatic rings. The van der Waals surface area contributed by atoms with Crippen LogP contribution in [0.3, 0.4) is 0 Å². The van der Waals surface area contributed by atoms with Gasteiger partial charge in [0.05, 0.1) is 7.11 Å². The summed E-state index contributed by atoms with van der Waals surface area (Å²) >= 11 is 0. The first-order valence-corrected chi connectivity index (χ1v) is 11.2. The third kappa shape index (κ3) is 9.53. The zero-order valence-electron chi connectivity index (χ0n) is 20.6. The van der Waals surface area contributed by atoms with Crippen LogP contribution in [-0.4, -0.2) is 61.1 Å². The van der Waals surface area contributed by atoms with Crippen LogP contribution in [0.5, 0.6) is 0 Å². The number of amides is 3. The van der Waals surface area contributed by atoms with Gasteiger partial charge in [0, 0.05) is 12.1 Å². The number of nitrogens with zero attached hydrogens (tertiary/aromatic N) is 1. The summed E-state index contributed by atoms with van der Waals surface area (Å²) in [6.07, 6.45) is 7.27. The molecule has 1 unspecified atom stereocenters. The normalized spacial score (nSPS) is 11.5. The maximum absolute atomic E-state index is 13.3. The van der Waals surface area contributed by atoms with E-state index in [1.165, 1.54) is 12.0 Å². The van der Waals surface area contributed by atoms with E-state index in [2.05, 4.69) is 21.3 Å². The average molecular weight is 474 g/mol. The summed E-state index contributed by atoms with van der Waals surface area (Å²) in [6, 6.07) is 5.67. The van der Waals surface area contributed by atoms with Gasteiger partial charge >= 0.3 is 12.1 Å². The summed E-state index contributed by atoms with van der Waals surface area (Å²) in [5, 5.41) is 4.96. The molecule has 3 amide bonds. The Morgan fingerprint density at radius 1 is 1.09 bits per heavy atom. The summed E-state index contributed by atoms with van der Waals surface area (Å²) in [4.78, 5) is 51.5. The second-order valence-corrected chi connectivity index (χ2v) is 8.58. The molecule has 9 heteroatoms. The molecule has 34 heavy (non-hydrogen) atoms. The fraction of sp³-hybridized carbons (Fsp3) is 0.520. The number of nitrogens with one attached hydrogen (secondary N) is 2. The largest absolute Gasteiger partial charge is 0.468 e. The fourth-order valence-electron chi connectivity index (χ4n) is 3.14. The van der Waals surface area contributed by atoms with Crippen molar-refractivity contribution in [2.75, 3.05) is 26.7 Å². The van der Waals surface area contributed by atoms with Crippen LogP contribution in [0, 0.1) is 12.3 Å². The molecule has 0 aliphatic carbocycles. The molecule has 1 aromatic carbocycles. The molecule has 0 bridgehead atoms. The van der Waals surface area contributed by atoms with E-state index < -0.39 is 35.5 Å². The molecule has 0 radical (unpaired) electrons. The van der Waals surface area contributed by atoms with Crippen LogP contribution in [0.15, 0.2) is 24.3 Å². The highest BCUT2D eigenvalue weighted by Crippen LogP contribution is 2.25. The third-order valence-corrected chi connectivity index (χ3v) is 4.71. The summed E-state index contributed by atoms with van der Waals surface area (Å²) in [7, 11) is 1.21. The van der Waals surface area contributed by atoms with Crippen molar-refractivity contribution in [2.24, 2.45) is 0 Å². The Morgan fingerprint density at radius 2 is 1.76 bits per heavy atom. The summed E-state index contributed by atoms with van der Waals surface area (Å²) in [5.74, 6) is 0.832. The first-order chi connectivity index (χ1) is 16.0. The van der Waals surface area contributed by atoms with Gasteiger partial charge in [0.2, 0.25) is 11.8 Å². The predicted molar refractivity (Wildman–Crippen MR) is 128 cm³/mol. The standard InChI is InChI=1S/C25H35N3O6/c1-7-9-12-15-28(20(29)16-27-24(32)34-25(3,4)5)22(23(31)26-17-21(30)33-6)19-14-11-10-13-18(19)8-2/h2,10-11,13-14,22H,7,9,12,15-17H2,1,3-6H3,(H,26,31)(H,27,32). The van der Waals surface area contributed by atoms with Crippen LogP contribution in [0.1, 0.15) is 64.1 Å². The molecule has 0 heterocycles. The van der Waals surface area contributed by atoms with Gasteiger partial charge in [-0.15, -0.1) is 6.42 Å². The van der Waals surface area contributed by atoms with Crippen molar-refractivity contribution < 1.29 is 28.7 Å². The van der Waals surface area contributed by atoms with Gasteiger partial charge < -0.3 is 25.0 Å². The highest BCUT2D eigenvalue weighted by Gasteiger charge is 2.33. The maximum Gasteiger partial charge on any atom is 0.408 e. The number of rotatable bonds is 11. The predicted octanol–water partition coefficient (Wildman–Crippen LogP) is 2.54. The van der Waals surface area contributed by atoms with Crippen molar-refractivity contribution in [3.05, 3.63) is 35.4 Å². The van der Waals surface area contributed by atoms with Crippen LogP contribution >= 0.6 is 0 Å². The lowest BCUT2D eigenvalue weighted by Crippen LogP contribution is -2.49. The van der Waals surface area contributed by atoms with Gasteiger partial charge in [0.15, 0.2) is 0 Å². The number of hydrogen-bond donors (Lipinski definition) is 2. The van der Waals surface area contributed by atoms with Crippen LogP contribution in [0.2, 0.25) is 0 Å². The quantitative estimate of drug-likeness (QED) is 0.290. The first kappa shape index (κ1) is 28.5. The van der Waals surface area contributed by atoms with E-state index in [1.54, 1.807) is 45.0 Å². The number of esters is 1. The molecule has 0 aliphatic heterocycles. The van der Waals surface area contributed by atoms with E-state index in [1.807, 2.05) is 6.92 Å². The average Bonchev–Trinajstić information content (AvgIpc) is 2.79. The highest BCUT2D eigenvalue weighted by molar-refractivity contribution is 5.92. The van der Waals surface area contributed by atoms with Gasteiger partial charge in [-0.1, -0.05) is 43.9 Å². The minimum atomic E-state index is -1.11. The molecule has 0 aromatic heterocycles. The van der Waals surface area contributed by atoms with E-state index >= 15 is 0 Å². The minimum Gasteiger partial charge on any atom is -0.468 e.